The summed E-state index contributed by atoms with van der Waals surface area (Å²) in [5.74, 6) is 0.338. The maximum absolute atomic E-state index is 13.1. The number of furan rings is 1. The number of halogens is 3. The second-order valence-corrected chi connectivity index (χ2v) is 7.45. The van der Waals surface area contributed by atoms with Gasteiger partial charge in [-0.05, 0) is 48.0 Å². The first-order valence-corrected chi connectivity index (χ1v) is 9.98. The lowest BCUT2D eigenvalue weighted by Crippen LogP contribution is -2.12. The van der Waals surface area contributed by atoms with E-state index in [0.717, 1.165) is 11.6 Å². The summed E-state index contributed by atoms with van der Waals surface area (Å²) in [6.07, 6.45) is 1.76. The van der Waals surface area contributed by atoms with E-state index >= 15 is 0 Å². The first kappa shape index (κ1) is 21.0. The van der Waals surface area contributed by atoms with Crippen molar-refractivity contribution in [3.63, 3.8) is 0 Å². The fourth-order valence-corrected chi connectivity index (χ4v) is 3.14. The van der Waals surface area contributed by atoms with Gasteiger partial charge < -0.3 is 14.5 Å². The van der Waals surface area contributed by atoms with E-state index in [-0.39, 0.29) is 17.4 Å². The van der Waals surface area contributed by atoms with Crippen molar-refractivity contribution in [1.82, 2.24) is 9.78 Å². The monoisotopic (exact) mass is 459 g/mol. The summed E-state index contributed by atoms with van der Waals surface area (Å²) >= 11 is 11.8. The summed E-state index contributed by atoms with van der Waals surface area (Å²) in [7, 11) is 0. The lowest BCUT2D eigenvalue weighted by atomic mass is 10.2. The van der Waals surface area contributed by atoms with E-state index in [1.807, 2.05) is 24.3 Å². The number of hydrogen-bond donors (Lipinski definition) is 1. The zero-order chi connectivity index (χ0) is 21.8. The van der Waals surface area contributed by atoms with E-state index in [1.54, 1.807) is 23.0 Å². The number of hydrogen-bond acceptors (Lipinski definition) is 4. The average molecular weight is 460 g/mol. The summed E-state index contributed by atoms with van der Waals surface area (Å²) in [6.45, 7) is 0.579. The minimum absolute atomic E-state index is 0.0361. The Balaban J connectivity index is 1.33. The van der Waals surface area contributed by atoms with E-state index in [2.05, 4.69) is 10.4 Å². The number of amides is 1. The molecule has 4 rings (SSSR count). The first-order chi connectivity index (χ1) is 15.0. The summed E-state index contributed by atoms with van der Waals surface area (Å²) < 4.78 is 25.8. The van der Waals surface area contributed by atoms with Crippen molar-refractivity contribution in [2.75, 3.05) is 5.32 Å². The smallest absolute Gasteiger partial charge is 0.292 e. The van der Waals surface area contributed by atoms with Crippen molar-refractivity contribution in [2.24, 2.45) is 0 Å². The molecule has 2 heterocycles. The van der Waals surface area contributed by atoms with Crippen LogP contribution in [0, 0.1) is 5.82 Å². The van der Waals surface area contributed by atoms with Crippen LogP contribution < -0.4 is 10.1 Å². The van der Waals surface area contributed by atoms with Crippen molar-refractivity contribution in [3.05, 3.63) is 99.8 Å². The van der Waals surface area contributed by atoms with Gasteiger partial charge in [0.15, 0.2) is 11.6 Å². The van der Waals surface area contributed by atoms with Gasteiger partial charge in [-0.1, -0.05) is 35.3 Å². The van der Waals surface area contributed by atoms with Gasteiger partial charge in [-0.15, -0.1) is 0 Å². The maximum atomic E-state index is 13.1. The molecule has 2 aromatic heterocycles. The van der Waals surface area contributed by atoms with E-state index in [0.29, 0.717) is 28.9 Å². The molecule has 0 spiro atoms. The number of carbonyl (C=O) groups is 1. The number of anilines is 1. The fourth-order valence-electron chi connectivity index (χ4n) is 2.79. The molecule has 0 fully saturated rings. The third-order valence-electron chi connectivity index (χ3n) is 4.29. The second-order valence-electron chi connectivity index (χ2n) is 6.61. The van der Waals surface area contributed by atoms with Gasteiger partial charge in [-0.25, -0.2) is 4.39 Å². The van der Waals surface area contributed by atoms with Crippen molar-refractivity contribution < 1.29 is 18.3 Å². The molecule has 6 nitrogen and oxygen atoms in total. The molecule has 2 aromatic carbocycles. The van der Waals surface area contributed by atoms with Crippen LogP contribution in [0.3, 0.4) is 0 Å². The van der Waals surface area contributed by atoms with Crippen LogP contribution in [0.4, 0.5) is 10.2 Å². The molecule has 0 unspecified atom stereocenters. The summed E-state index contributed by atoms with van der Waals surface area (Å²) in [5, 5.41) is 7.84. The second kappa shape index (κ2) is 9.24. The van der Waals surface area contributed by atoms with Crippen LogP contribution in [0.15, 0.2) is 71.3 Å². The Morgan fingerprint density at radius 3 is 2.68 bits per heavy atom. The molecule has 0 radical (unpaired) electrons. The topological polar surface area (TPSA) is 69.3 Å². The normalized spacial score (nSPS) is 10.8. The number of aromatic nitrogens is 2. The highest BCUT2D eigenvalue weighted by Gasteiger charge is 2.14. The zero-order valence-electron chi connectivity index (χ0n) is 16.0. The zero-order valence-corrected chi connectivity index (χ0v) is 17.5. The standard InChI is InChI=1S/C22H16Cl2FN3O3/c23-15-3-1-14(2-4-15)12-28-10-9-21(27-28)26-22(29)20-8-6-17(31-20)13-30-19-7-5-16(25)11-18(19)24/h1-11H,12-13H2,(H,26,27,29). The third kappa shape index (κ3) is 5.45. The molecular weight excluding hydrogens is 444 g/mol. The van der Waals surface area contributed by atoms with Crippen molar-refractivity contribution >= 4 is 34.9 Å². The van der Waals surface area contributed by atoms with Crippen molar-refractivity contribution in [1.29, 1.82) is 0 Å². The minimum Gasteiger partial charge on any atom is -0.484 e. The molecule has 4 aromatic rings. The lowest BCUT2D eigenvalue weighted by Gasteiger charge is -2.06. The molecule has 0 aliphatic heterocycles. The van der Waals surface area contributed by atoms with Gasteiger partial charge in [0.2, 0.25) is 0 Å². The highest BCUT2D eigenvalue weighted by atomic mass is 35.5. The van der Waals surface area contributed by atoms with Gasteiger partial charge in [0, 0.05) is 17.3 Å². The van der Waals surface area contributed by atoms with Gasteiger partial charge >= 0.3 is 0 Å². The van der Waals surface area contributed by atoms with Crippen LogP contribution in [0.5, 0.6) is 5.75 Å². The fraction of sp³-hybridized carbons (Fsp3) is 0.0909. The van der Waals surface area contributed by atoms with Gasteiger partial charge in [-0.2, -0.15) is 5.10 Å². The molecule has 158 valence electrons. The van der Waals surface area contributed by atoms with E-state index in [4.69, 9.17) is 32.4 Å². The molecule has 0 saturated carbocycles. The molecule has 1 N–H and O–H groups in total. The number of nitrogens with one attached hydrogen (secondary N) is 1. The largest absolute Gasteiger partial charge is 0.484 e. The Hall–Kier alpha value is -3.29. The molecule has 1 amide bonds. The molecule has 0 aliphatic rings. The summed E-state index contributed by atoms with van der Waals surface area (Å²) in [6, 6.07) is 16.1. The number of nitrogens with zero attached hydrogens (tertiary/aromatic N) is 2. The molecule has 0 atom stereocenters. The summed E-state index contributed by atoms with van der Waals surface area (Å²) in [4.78, 5) is 12.4. The van der Waals surface area contributed by atoms with Gasteiger partial charge in [0.25, 0.3) is 5.91 Å². The first-order valence-electron chi connectivity index (χ1n) is 9.22. The predicted octanol–water partition coefficient (Wildman–Crippen LogP) is 5.80. The third-order valence-corrected chi connectivity index (χ3v) is 4.84. The highest BCUT2D eigenvalue weighted by Crippen LogP contribution is 2.26. The number of rotatable bonds is 7. The lowest BCUT2D eigenvalue weighted by molar-refractivity contribution is 0.0992. The molecule has 0 bridgehead atoms. The Bertz CT molecular complexity index is 1200. The maximum Gasteiger partial charge on any atom is 0.292 e. The van der Waals surface area contributed by atoms with E-state index < -0.39 is 11.7 Å². The average Bonchev–Trinajstić information content (AvgIpc) is 3.39. The van der Waals surface area contributed by atoms with Gasteiger partial charge in [-0.3, -0.25) is 9.48 Å². The van der Waals surface area contributed by atoms with Gasteiger partial charge in [0.05, 0.1) is 11.6 Å². The van der Waals surface area contributed by atoms with Crippen molar-refractivity contribution in [3.8, 4) is 5.75 Å². The quantitative estimate of drug-likeness (QED) is 0.379. The van der Waals surface area contributed by atoms with Crippen LogP contribution in [0.25, 0.3) is 0 Å². The van der Waals surface area contributed by atoms with Crippen LogP contribution in [-0.4, -0.2) is 15.7 Å². The van der Waals surface area contributed by atoms with Crippen LogP contribution in [-0.2, 0) is 13.2 Å². The van der Waals surface area contributed by atoms with Crippen LogP contribution in [0.2, 0.25) is 10.0 Å². The van der Waals surface area contributed by atoms with Crippen LogP contribution in [0.1, 0.15) is 21.9 Å². The Kier molecular flexibility index (Phi) is 6.25. The molecular formula is C22H16Cl2FN3O3. The Labute approximate surface area is 187 Å². The molecule has 0 saturated heterocycles. The Morgan fingerprint density at radius 2 is 1.90 bits per heavy atom. The molecule has 0 aliphatic carbocycles. The predicted molar refractivity (Wildman–Crippen MR) is 115 cm³/mol. The van der Waals surface area contributed by atoms with Gasteiger partial charge in [0.1, 0.15) is 23.9 Å². The SMILES string of the molecule is O=C(Nc1ccn(Cc2ccc(Cl)cc2)n1)c1ccc(COc2ccc(F)cc2Cl)o1. The van der Waals surface area contributed by atoms with Crippen molar-refractivity contribution in [2.45, 2.75) is 13.2 Å². The molecule has 9 heteroatoms. The minimum atomic E-state index is -0.454. The highest BCUT2D eigenvalue weighted by molar-refractivity contribution is 6.32. The number of ether oxygens (including phenoxy) is 1. The summed E-state index contributed by atoms with van der Waals surface area (Å²) in [5.41, 5.74) is 1.03. The van der Waals surface area contributed by atoms with Crippen LogP contribution >= 0.6 is 23.2 Å². The van der Waals surface area contributed by atoms with E-state index in [9.17, 15) is 9.18 Å². The number of carbonyl (C=O) groups excluding carboxylic acids is 1. The molecule has 31 heavy (non-hydrogen) atoms. The van der Waals surface area contributed by atoms with E-state index in [1.165, 1.54) is 18.2 Å². The Morgan fingerprint density at radius 1 is 1.10 bits per heavy atom. The number of benzene rings is 2.